The van der Waals surface area contributed by atoms with E-state index in [1.807, 2.05) is 20.8 Å². The first kappa shape index (κ1) is 31.4. The number of anilines is 1. The summed E-state index contributed by atoms with van der Waals surface area (Å²) < 4.78 is 43.2. The third-order valence-corrected chi connectivity index (χ3v) is 8.76. The van der Waals surface area contributed by atoms with E-state index in [0.717, 1.165) is 9.87 Å². The molecule has 0 aromatic heterocycles. The molecule has 3 aromatic carbocycles. The largest absolute Gasteiger partial charge is 0.354 e. The van der Waals surface area contributed by atoms with Gasteiger partial charge in [-0.1, -0.05) is 72.9 Å². The zero-order valence-electron chi connectivity index (χ0n) is 22.7. The van der Waals surface area contributed by atoms with Gasteiger partial charge in [0, 0.05) is 18.7 Å². The van der Waals surface area contributed by atoms with Gasteiger partial charge >= 0.3 is 0 Å². The van der Waals surface area contributed by atoms with Crippen LogP contribution in [-0.2, 0) is 26.2 Å². The fourth-order valence-electron chi connectivity index (χ4n) is 3.85. The van der Waals surface area contributed by atoms with Gasteiger partial charge in [0.1, 0.15) is 18.4 Å². The number of sulfonamides is 1. The molecule has 2 amide bonds. The minimum absolute atomic E-state index is 0.0413. The van der Waals surface area contributed by atoms with Gasteiger partial charge in [0.25, 0.3) is 10.0 Å². The minimum atomic E-state index is -4.27. The second kappa shape index (κ2) is 13.5. The number of halogens is 3. The van der Waals surface area contributed by atoms with Crippen LogP contribution in [0, 0.1) is 18.7 Å². The van der Waals surface area contributed by atoms with Gasteiger partial charge in [-0.25, -0.2) is 12.8 Å². The molecule has 0 aliphatic carbocycles. The highest BCUT2D eigenvalue weighted by atomic mass is 35.5. The van der Waals surface area contributed by atoms with Crippen molar-refractivity contribution in [2.24, 2.45) is 5.92 Å². The van der Waals surface area contributed by atoms with Crippen molar-refractivity contribution in [1.29, 1.82) is 0 Å². The summed E-state index contributed by atoms with van der Waals surface area (Å²) in [5.41, 5.74) is 1.14. The van der Waals surface area contributed by atoms with Gasteiger partial charge in [-0.05, 0) is 56.2 Å². The lowest BCUT2D eigenvalue weighted by Crippen LogP contribution is -2.51. The van der Waals surface area contributed by atoms with Gasteiger partial charge in [0.2, 0.25) is 11.8 Å². The maximum Gasteiger partial charge on any atom is 0.264 e. The molecule has 0 saturated heterocycles. The van der Waals surface area contributed by atoms with E-state index in [9.17, 15) is 22.4 Å². The quantitative estimate of drug-likeness (QED) is 0.297. The van der Waals surface area contributed by atoms with Crippen molar-refractivity contribution in [3.05, 3.63) is 93.7 Å². The average Bonchev–Trinajstić information content (AvgIpc) is 2.91. The lowest BCUT2D eigenvalue weighted by atomic mass is 10.1. The van der Waals surface area contributed by atoms with E-state index in [-0.39, 0.29) is 38.7 Å². The minimum Gasteiger partial charge on any atom is -0.354 e. The van der Waals surface area contributed by atoms with Crippen molar-refractivity contribution in [2.75, 3.05) is 17.4 Å². The smallest absolute Gasteiger partial charge is 0.264 e. The third kappa shape index (κ3) is 7.74. The van der Waals surface area contributed by atoms with Crippen molar-refractivity contribution in [1.82, 2.24) is 10.2 Å². The van der Waals surface area contributed by atoms with E-state index in [2.05, 4.69) is 5.32 Å². The molecule has 11 heteroatoms. The third-order valence-electron chi connectivity index (χ3n) is 6.23. The number of nitrogens with zero attached hydrogens (tertiary/aromatic N) is 2. The molecule has 0 saturated carbocycles. The van der Waals surface area contributed by atoms with Crippen molar-refractivity contribution in [3.8, 4) is 0 Å². The Morgan fingerprint density at radius 1 is 0.950 bits per heavy atom. The number of hydrogen-bond acceptors (Lipinski definition) is 4. The number of nitrogens with one attached hydrogen (secondary N) is 1. The second-order valence-electron chi connectivity index (χ2n) is 9.85. The van der Waals surface area contributed by atoms with Gasteiger partial charge in [-0.2, -0.15) is 0 Å². The van der Waals surface area contributed by atoms with E-state index < -0.39 is 40.2 Å². The first-order chi connectivity index (χ1) is 18.8. The average molecular weight is 609 g/mol. The maximum absolute atomic E-state index is 14.6. The first-order valence-electron chi connectivity index (χ1n) is 12.7. The summed E-state index contributed by atoms with van der Waals surface area (Å²) in [5, 5.41) is 3.09. The predicted octanol–water partition coefficient (Wildman–Crippen LogP) is 5.83. The molecule has 0 aliphatic heterocycles. The van der Waals surface area contributed by atoms with Crippen LogP contribution in [0.25, 0.3) is 0 Å². The zero-order chi connectivity index (χ0) is 29.6. The van der Waals surface area contributed by atoms with Crippen LogP contribution in [0.15, 0.2) is 71.6 Å². The van der Waals surface area contributed by atoms with Crippen LogP contribution >= 0.6 is 23.2 Å². The highest BCUT2D eigenvalue weighted by Gasteiger charge is 2.33. The fraction of sp³-hybridized carbons (Fsp3) is 0.310. The van der Waals surface area contributed by atoms with Crippen molar-refractivity contribution in [3.63, 3.8) is 0 Å². The van der Waals surface area contributed by atoms with Crippen LogP contribution in [0.4, 0.5) is 10.1 Å². The van der Waals surface area contributed by atoms with Crippen LogP contribution < -0.4 is 9.62 Å². The molecule has 7 nitrogen and oxygen atoms in total. The van der Waals surface area contributed by atoms with Gasteiger partial charge in [-0.3, -0.25) is 13.9 Å². The highest BCUT2D eigenvalue weighted by Crippen LogP contribution is 2.31. The highest BCUT2D eigenvalue weighted by molar-refractivity contribution is 7.92. The van der Waals surface area contributed by atoms with E-state index in [0.29, 0.717) is 6.54 Å². The Morgan fingerprint density at radius 3 is 2.20 bits per heavy atom. The molecule has 3 aromatic rings. The molecule has 1 N–H and O–H groups in total. The molecular weight excluding hydrogens is 576 g/mol. The molecule has 0 fully saturated rings. The number of benzene rings is 3. The van der Waals surface area contributed by atoms with Crippen molar-refractivity contribution >= 4 is 50.7 Å². The van der Waals surface area contributed by atoms with Gasteiger partial charge in [-0.15, -0.1) is 0 Å². The standard InChI is InChI=1S/C29H32Cl2FN3O4S/c1-19(2)16-33-29(37)21(4)34(17-22-7-5-6-8-27(22)32)28(36)18-35(23-11-14-25(30)26(31)15-23)40(38,39)24-12-9-20(3)10-13-24/h5-15,19,21H,16-18H2,1-4H3,(H,33,37)/t21-/m0/s1. The molecule has 3 rings (SSSR count). The topological polar surface area (TPSA) is 86.8 Å². The molecule has 0 heterocycles. The molecular formula is C29H32Cl2FN3O4S. The molecule has 0 radical (unpaired) electrons. The van der Waals surface area contributed by atoms with E-state index >= 15 is 0 Å². The summed E-state index contributed by atoms with van der Waals surface area (Å²) in [7, 11) is -4.27. The van der Waals surface area contributed by atoms with Crippen LogP contribution in [0.2, 0.25) is 10.0 Å². The SMILES string of the molecule is Cc1ccc(S(=O)(=O)N(CC(=O)N(Cc2ccccc2F)[C@@H](C)C(=O)NCC(C)C)c2ccc(Cl)c(Cl)c2)cc1. The number of carbonyl (C=O) groups excluding carboxylic acids is 2. The lowest BCUT2D eigenvalue weighted by Gasteiger charge is -2.32. The number of amides is 2. The molecule has 1 atom stereocenters. The molecule has 0 spiro atoms. The Bertz CT molecular complexity index is 1470. The van der Waals surface area contributed by atoms with Crippen LogP contribution in [0.5, 0.6) is 0 Å². The van der Waals surface area contributed by atoms with E-state index in [1.165, 1.54) is 60.4 Å². The van der Waals surface area contributed by atoms with Gasteiger partial charge in [0.15, 0.2) is 0 Å². The normalized spacial score (nSPS) is 12.2. The molecule has 40 heavy (non-hydrogen) atoms. The summed E-state index contributed by atoms with van der Waals surface area (Å²) in [6.45, 7) is 6.65. The van der Waals surface area contributed by atoms with Crippen molar-refractivity contribution in [2.45, 2.75) is 45.2 Å². The summed E-state index contributed by atoms with van der Waals surface area (Å²) in [6.07, 6.45) is 0. The Hall–Kier alpha value is -3.14. The van der Waals surface area contributed by atoms with Crippen LogP contribution in [0.1, 0.15) is 31.9 Å². The van der Waals surface area contributed by atoms with E-state index in [4.69, 9.17) is 23.2 Å². The molecule has 0 unspecified atom stereocenters. The molecule has 214 valence electrons. The lowest BCUT2D eigenvalue weighted by molar-refractivity contribution is -0.139. The summed E-state index contributed by atoms with van der Waals surface area (Å²) >= 11 is 12.3. The molecule has 0 bridgehead atoms. The van der Waals surface area contributed by atoms with Crippen LogP contribution in [0.3, 0.4) is 0 Å². The second-order valence-corrected chi connectivity index (χ2v) is 12.5. The Labute approximate surface area is 244 Å². The monoisotopic (exact) mass is 607 g/mol. The molecule has 0 aliphatic rings. The number of aryl methyl sites for hydroxylation is 1. The Kier molecular flexibility index (Phi) is 10.6. The zero-order valence-corrected chi connectivity index (χ0v) is 25.0. The Balaban J connectivity index is 2.05. The Morgan fingerprint density at radius 2 is 1.60 bits per heavy atom. The predicted molar refractivity (Wildman–Crippen MR) is 156 cm³/mol. The first-order valence-corrected chi connectivity index (χ1v) is 14.9. The van der Waals surface area contributed by atoms with Gasteiger partial charge < -0.3 is 10.2 Å². The number of hydrogen-bond donors (Lipinski definition) is 1. The summed E-state index contributed by atoms with van der Waals surface area (Å²) in [4.78, 5) is 28.0. The maximum atomic E-state index is 14.6. The number of carbonyl (C=O) groups is 2. The summed E-state index contributed by atoms with van der Waals surface area (Å²) in [5.74, 6) is -1.54. The van der Waals surface area contributed by atoms with E-state index in [1.54, 1.807) is 18.2 Å². The van der Waals surface area contributed by atoms with Crippen molar-refractivity contribution < 1.29 is 22.4 Å². The van der Waals surface area contributed by atoms with Gasteiger partial charge in [0.05, 0.1) is 20.6 Å². The fourth-order valence-corrected chi connectivity index (χ4v) is 5.55. The number of rotatable bonds is 11. The van der Waals surface area contributed by atoms with Crippen LogP contribution in [-0.4, -0.2) is 44.3 Å². The summed E-state index contributed by atoms with van der Waals surface area (Å²) in [6, 6.07) is 15.3.